The van der Waals surface area contributed by atoms with Gasteiger partial charge in [-0.1, -0.05) is 24.3 Å². The normalized spacial score (nSPS) is 16.4. The van der Waals surface area contributed by atoms with Gasteiger partial charge in [-0.3, -0.25) is 4.68 Å². The summed E-state index contributed by atoms with van der Waals surface area (Å²) in [6.07, 6.45) is 9.15. The number of hydrogen-bond acceptors (Lipinski definition) is 6. The van der Waals surface area contributed by atoms with Gasteiger partial charge in [-0.05, 0) is 24.0 Å². The maximum absolute atomic E-state index is 6.34. The number of aromatic amines is 1. The topological polar surface area (TPSA) is 102 Å². The van der Waals surface area contributed by atoms with Crippen LogP contribution in [0.4, 0.5) is 5.82 Å². The molecular weight excluding hydrogens is 364 g/mol. The van der Waals surface area contributed by atoms with Crippen LogP contribution >= 0.6 is 0 Å². The molecule has 1 aliphatic rings. The zero-order valence-corrected chi connectivity index (χ0v) is 16.4. The fourth-order valence-electron chi connectivity index (χ4n) is 4.34. The molecule has 0 aliphatic carbocycles. The van der Waals surface area contributed by atoms with E-state index in [0.717, 1.165) is 48.5 Å². The highest BCUT2D eigenvalue weighted by atomic mass is 15.2. The van der Waals surface area contributed by atoms with Crippen LogP contribution in [0.3, 0.4) is 0 Å². The molecule has 0 atom stereocenters. The Balaban J connectivity index is 1.42. The molecule has 1 saturated heterocycles. The molecule has 148 valence electrons. The highest BCUT2D eigenvalue weighted by Crippen LogP contribution is 2.38. The predicted octanol–water partition coefficient (Wildman–Crippen LogP) is 2.25. The Morgan fingerprint density at radius 3 is 2.76 bits per heavy atom. The molecule has 0 amide bonds. The highest BCUT2D eigenvalue weighted by molar-refractivity contribution is 5.82. The highest BCUT2D eigenvalue weighted by Gasteiger charge is 2.36. The van der Waals surface area contributed by atoms with Crippen LogP contribution in [-0.2, 0) is 12.5 Å². The van der Waals surface area contributed by atoms with Crippen molar-refractivity contribution in [2.24, 2.45) is 12.8 Å². The van der Waals surface area contributed by atoms with Crippen LogP contribution in [0.2, 0.25) is 0 Å². The Kier molecular flexibility index (Phi) is 4.28. The quantitative estimate of drug-likeness (QED) is 0.556. The van der Waals surface area contributed by atoms with E-state index in [9.17, 15) is 0 Å². The van der Waals surface area contributed by atoms with Gasteiger partial charge in [0, 0.05) is 43.9 Å². The molecule has 8 nitrogen and oxygen atoms in total. The molecule has 4 heterocycles. The molecule has 1 fully saturated rings. The van der Waals surface area contributed by atoms with Crippen molar-refractivity contribution in [1.82, 2.24) is 29.7 Å². The molecule has 0 bridgehead atoms. The Morgan fingerprint density at radius 1 is 1.14 bits per heavy atom. The summed E-state index contributed by atoms with van der Waals surface area (Å²) in [7, 11) is 1.94. The Hall–Kier alpha value is -3.26. The maximum Gasteiger partial charge on any atom is 0.162 e. The Morgan fingerprint density at radius 2 is 2.00 bits per heavy atom. The molecule has 0 unspecified atom stereocenters. The molecule has 8 heteroatoms. The van der Waals surface area contributed by atoms with E-state index < -0.39 is 0 Å². The monoisotopic (exact) mass is 388 g/mol. The molecule has 0 spiro atoms. The van der Waals surface area contributed by atoms with Crippen molar-refractivity contribution in [3.8, 4) is 11.1 Å². The second-order valence-electron chi connectivity index (χ2n) is 7.75. The first-order chi connectivity index (χ1) is 14.2. The van der Waals surface area contributed by atoms with Crippen LogP contribution in [-0.4, -0.2) is 49.4 Å². The van der Waals surface area contributed by atoms with Crippen molar-refractivity contribution in [1.29, 1.82) is 0 Å². The van der Waals surface area contributed by atoms with Gasteiger partial charge in [0.2, 0.25) is 0 Å². The van der Waals surface area contributed by atoms with E-state index in [-0.39, 0.29) is 5.41 Å². The van der Waals surface area contributed by atoms with Gasteiger partial charge in [0.15, 0.2) is 11.5 Å². The summed E-state index contributed by atoms with van der Waals surface area (Å²) in [5, 5.41) is 4.30. The van der Waals surface area contributed by atoms with Crippen LogP contribution in [0.25, 0.3) is 22.3 Å². The molecular formula is C21H24N8. The van der Waals surface area contributed by atoms with Crippen molar-refractivity contribution < 1.29 is 0 Å². The summed E-state index contributed by atoms with van der Waals surface area (Å²) < 4.78 is 1.83. The SMILES string of the molecule is Cn1cc(-c2cccc(C3(CN)CCN(c4ncnc5[nH]cnc45)CC3)c2)cn1. The molecule has 3 aromatic heterocycles. The second-order valence-corrected chi connectivity index (χ2v) is 7.75. The average molecular weight is 388 g/mol. The summed E-state index contributed by atoms with van der Waals surface area (Å²) in [5.41, 5.74) is 11.5. The zero-order chi connectivity index (χ0) is 19.8. The minimum atomic E-state index is -0.0353. The van der Waals surface area contributed by atoms with E-state index in [2.05, 4.69) is 54.2 Å². The van der Waals surface area contributed by atoms with E-state index in [1.807, 2.05) is 24.1 Å². The van der Waals surface area contributed by atoms with Crippen LogP contribution in [0, 0.1) is 0 Å². The van der Waals surface area contributed by atoms with Crippen molar-refractivity contribution >= 4 is 17.0 Å². The van der Waals surface area contributed by atoms with Gasteiger partial charge < -0.3 is 15.6 Å². The van der Waals surface area contributed by atoms with Crippen LogP contribution in [0.5, 0.6) is 0 Å². The van der Waals surface area contributed by atoms with Gasteiger partial charge in [-0.2, -0.15) is 5.10 Å². The molecule has 3 N–H and O–H groups in total. The summed E-state index contributed by atoms with van der Waals surface area (Å²) in [4.78, 5) is 18.5. The van der Waals surface area contributed by atoms with Gasteiger partial charge in [0.05, 0.1) is 12.5 Å². The molecule has 1 aliphatic heterocycles. The lowest BCUT2D eigenvalue weighted by Gasteiger charge is -2.42. The smallest absolute Gasteiger partial charge is 0.162 e. The molecule has 1 aromatic carbocycles. The minimum absolute atomic E-state index is 0.0353. The lowest BCUT2D eigenvalue weighted by atomic mass is 9.72. The summed E-state index contributed by atoms with van der Waals surface area (Å²) in [5.74, 6) is 0.894. The minimum Gasteiger partial charge on any atom is -0.355 e. The van der Waals surface area contributed by atoms with Gasteiger partial charge in [0.25, 0.3) is 0 Å². The van der Waals surface area contributed by atoms with Gasteiger partial charge in [-0.15, -0.1) is 0 Å². The number of nitrogens with zero attached hydrogens (tertiary/aromatic N) is 6. The van der Waals surface area contributed by atoms with Gasteiger partial charge in [-0.25, -0.2) is 15.0 Å². The van der Waals surface area contributed by atoms with E-state index in [4.69, 9.17) is 5.73 Å². The first-order valence-corrected chi connectivity index (χ1v) is 9.87. The predicted molar refractivity (Wildman–Crippen MR) is 113 cm³/mol. The molecule has 5 rings (SSSR count). The van der Waals surface area contributed by atoms with Crippen molar-refractivity contribution in [3.05, 3.63) is 54.9 Å². The number of H-pyrrole nitrogens is 1. The lowest BCUT2D eigenvalue weighted by molar-refractivity contribution is 0.339. The summed E-state index contributed by atoms with van der Waals surface area (Å²) >= 11 is 0. The zero-order valence-electron chi connectivity index (χ0n) is 16.4. The third-order valence-electron chi connectivity index (χ3n) is 6.12. The molecule has 0 radical (unpaired) electrons. The first kappa shape index (κ1) is 17.8. The maximum atomic E-state index is 6.34. The van der Waals surface area contributed by atoms with Crippen LogP contribution in [0.15, 0.2) is 49.3 Å². The van der Waals surface area contributed by atoms with Crippen LogP contribution < -0.4 is 10.6 Å². The summed E-state index contributed by atoms with van der Waals surface area (Å²) in [6, 6.07) is 8.74. The van der Waals surface area contributed by atoms with E-state index in [0.29, 0.717) is 6.54 Å². The number of aryl methyl sites for hydroxylation is 1. The first-order valence-electron chi connectivity index (χ1n) is 9.87. The number of nitrogens with one attached hydrogen (secondary N) is 1. The standard InChI is InChI=1S/C21H24N8/c1-28-11-16(10-27-28)15-3-2-4-17(9-15)21(12-22)5-7-29(8-6-21)20-18-19(24-13-23-18)25-14-26-20/h2-4,9-11,13-14H,5-8,12,22H2,1H3,(H,23,24,25,26). The van der Waals surface area contributed by atoms with Gasteiger partial charge >= 0.3 is 0 Å². The third-order valence-corrected chi connectivity index (χ3v) is 6.12. The van der Waals surface area contributed by atoms with Crippen molar-refractivity contribution in [2.75, 3.05) is 24.5 Å². The van der Waals surface area contributed by atoms with Crippen LogP contribution in [0.1, 0.15) is 18.4 Å². The molecule has 0 saturated carbocycles. The number of imidazole rings is 1. The average Bonchev–Trinajstić information content (AvgIpc) is 3.43. The largest absolute Gasteiger partial charge is 0.355 e. The van der Waals surface area contributed by atoms with Crippen molar-refractivity contribution in [3.63, 3.8) is 0 Å². The fourth-order valence-corrected chi connectivity index (χ4v) is 4.34. The Bertz CT molecular complexity index is 1140. The number of piperidine rings is 1. The number of nitrogens with two attached hydrogens (primary N) is 1. The summed E-state index contributed by atoms with van der Waals surface area (Å²) in [6.45, 7) is 2.39. The number of rotatable bonds is 4. The van der Waals surface area contributed by atoms with E-state index >= 15 is 0 Å². The van der Waals surface area contributed by atoms with Crippen molar-refractivity contribution in [2.45, 2.75) is 18.3 Å². The number of aromatic nitrogens is 6. The van der Waals surface area contributed by atoms with Gasteiger partial charge in [0.1, 0.15) is 11.8 Å². The number of fused-ring (bicyclic) bond motifs is 1. The van der Waals surface area contributed by atoms with E-state index in [1.165, 1.54) is 11.1 Å². The fraction of sp³-hybridized carbons (Fsp3) is 0.333. The molecule has 29 heavy (non-hydrogen) atoms. The number of hydrogen-bond donors (Lipinski definition) is 2. The second kappa shape index (κ2) is 6.97. The molecule has 4 aromatic rings. The number of benzene rings is 1. The van der Waals surface area contributed by atoms with E-state index in [1.54, 1.807) is 12.7 Å². The number of anilines is 1. The Labute approximate surface area is 168 Å². The lowest BCUT2D eigenvalue weighted by Crippen LogP contribution is -2.47. The third kappa shape index (κ3) is 3.05.